The fraction of sp³-hybridized carbons (Fsp3) is 0.0870. The molecule has 0 heterocycles. The molecule has 0 spiro atoms. The van der Waals surface area contributed by atoms with E-state index in [4.69, 9.17) is 14.6 Å². The highest BCUT2D eigenvalue weighted by atomic mass is 79.9. The number of methoxy groups -OCH3 is 1. The van der Waals surface area contributed by atoms with Crippen LogP contribution >= 0.6 is 15.9 Å². The number of aromatic carboxylic acids is 1. The van der Waals surface area contributed by atoms with Crippen LogP contribution in [0.15, 0.2) is 76.3 Å². The summed E-state index contributed by atoms with van der Waals surface area (Å²) in [5.74, 6) is -0.272. The van der Waals surface area contributed by atoms with Gasteiger partial charge >= 0.3 is 5.97 Å². The van der Waals surface area contributed by atoms with Gasteiger partial charge in [-0.25, -0.2) is 10.2 Å². The summed E-state index contributed by atoms with van der Waals surface area (Å²) >= 11 is 3.33. The van der Waals surface area contributed by atoms with Crippen LogP contribution in [0.25, 0.3) is 0 Å². The van der Waals surface area contributed by atoms with Crippen LogP contribution in [0.5, 0.6) is 11.5 Å². The van der Waals surface area contributed by atoms with Crippen molar-refractivity contribution in [2.75, 3.05) is 7.11 Å². The predicted molar refractivity (Wildman–Crippen MR) is 120 cm³/mol. The van der Waals surface area contributed by atoms with Crippen molar-refractivity contribution in [3.63, 3.8) is 0 Å². The van der Waals surface area contributed by atoms with Gasteiger partial charge in [0.15, 0.2) is 11.5 Å². The summed E-state index contributed by atoms with van der Waals surface area (Å²) < 4.78 is 11.9. The van der Waals surface area contributed by atoms with Gasteiger partial charge in [-0.3, -0.25) is 4.79 Å². The minimum Gasteiger partial charge on any atom is -0.493 e. The van der Waals surface area contributed by atoms with Crippen molar-refractivity contribution < 1.29 is 24.2 Å². The van der Waals surface area contributed by atoms with Crippen LogP contribution in [-0.4, -0.2) is 30.3 Å². The number of nitrogens with zero attached hydrogens (tertiary/aromatic N) is 1. The molecule has 8 heteroatoms. The molecule has 3 aromatic rings. The lowest BCUT2D eigenvalue weighted by atomic mass is 10.1. The zero-order chi connectivity index (χ0) is 22.2. The van der Waals surface area contributed by atoms with Crippen molar-refractivity contribution in [3.05, 3.63) is 93.5 Å². The second-order valence-corrected chi connectivity index (χ2v) is 7.23. The van der Waals surface area contributed by atoms with E-state index in [1.807, 2.05) is 6.07 Å². The minimum atomic E-state index is -0.973. The van der Waals surface area contributed by atoms with E-state index in [1.165, 1.54) is 25.5 Å². The number of carbonyl (C=O) groups is 2. The largest absolute Gasteiger partial charge is 0.493 e. The molecule has 3 rings (SSSR count). The molecule has 0 aliphatic heterocycles. The fourth-order valence-electron chi connectivity index (χ4n) is 2.66. The smallest absolute Gasteiger partial charge is 0.335 e. The molecule has 7 nitrogen and oxygen atoms in total. The van der Waals surface area contributed by atoms with Gasteiger partial charge in [0, 0.05) is 4.47 Å². The summed E-state index contributed by atoms with van der Waals surface area (Å²) in [5, 5.41) is 12.9. The first-order chi connectivity index (χ1) is 15.0. The summed E-state index contributed by atoms with van der Waals surface area (Å²) in [7, 11) is 1.53. The van der Waals surface area contributed by atoms with E-state index >= 15 is 0 Å². The Hall–Kier alpha value is -3.65. The Labute approximate surface area is 187 Å². The molecule has 0 saturated heterocycles. The molecule has 0 saturated carbocycles. The Morgan fingerprint density at radius 3 is 2.48 bits per heavy atom. The first-order valence-corrected chi connectivity index (χ1v) is 9.98. The molecule has 0 bridgehead atoms. The van der Waals surface area contributed by atoms with Crippen LogP contribution in [0.3, 0.4) is 0 Å². The molecule has 31 heavy (non-hydrogen) atoms. The summed E-state index contributed by atoms with van der Waals surface area (Å²) in [6, 6.07) is 18.8. The minimum absolute atomic E-state index is 0.219. The van der Waals surface area contributed by atoms with E-state index in [1.54, 1.807) is 48.5 Å². The highest BCUT2D eigenvalue weighted by molar-refractivity contribution is 9.10. The highest BCUT2D eigenvalue weighted by Crippen LogP contribution is 2.28. The standard InChI is InChI=1S/C23H19BrN2O5/c1-30-21-12-16(13-25-26-22(27)18-4-2-3-5-19(18)24)8-11-20(21)31-14-15-6-9-17(10-7-15)23(28)29/h2-13H,14H2,1H3,(H,26,27)(H,28,29)/b25-13-. The van der Waals surface area contributed by atoms with Gasteiger partial charge < -0.3 is 14.6 Å². The molecular weight excluding hydrogens is 464 g/mol. The second kappa shape index (κ2) is 10.4. The number of carboxylic acids is 1. The topological polar surface area (TPSA) is 97.2 Å². The summed E-state index contributed by atoms with van der Waals surface area (Å²) in [4.78, 5) is 23.1. The number of carboxylic acid groups (broad SMARTS) is 1. The van der Waals surface area contributed by atoms with Crippen LogP contribution < -0.4 is 14.9 Å². The molecule has 2 N–H and O–H groups in total. The number of hydrazone groups is 1. The van der Waals surface area contributed by atoms with Crippen LogP contribution in [-0.2, 0) is 6.61 Å². The zero-order valence-corrected chi connectivity index (χ0v) is 18.1. The van der Waals surface area contributed by atoms with Crippen LogP contribution in [0.1, 0.15) is 31.8 Å². The van der Waals surface area contributed by atoms with Gasteiger partial charge in [0.1, 0.15) is 6.61 Å². The van der Waals surface area contributed by atoms with Gasteiger partial charge in [0.05, 0.1) is 24.5 Å². The third-order valence-corrected chi connectivity index (χ3v) is 4.97. The van der Waals surface area contributed by atoms with Gasteiger partial charge in [-0.2, -0.15) is 5.10 Å². The van der Waals surface area contributed by atoms with E-state index in [0.717, 1.165) is 5.56 Å². The second-order valence-electron chi connectivity index (χ2n) is 6.38. The number of halogens is 1. The third-order valence-electron chi connectivity index (χ3n) is 4.28. The third kappa shape index (κ3) is 5.93. The maximum atomic E-state index is 12.2. The lowest BCUT2D eigenvalue weighted by Crippen LogP contribution is -2.18. The van der Waals surface area contributed by atoms with Crippen molar-refractivity contribution in [3.8, 4) is 11.5 Å². The van der Waals surface area contributed by atoms with E-state index in [-0.39, 0.29) is 18.1 Å². The number of amides is 1. The summed E-state index contributed by atoms with van der Waals surface area (Å²) in [5.41, 5.74) is 4.73. The van der Waals surface area contributed by atoms with Crippen LogP contribution in [0.2, 0.25) is 0 Å². The maximum absolute atomic E-state index is 12.2. The number of rotatable bonds is 8. The number of hydrogen-bond acceptors (Lipinski definition) is 5. The summed E-state index contributed by atoms with van der Waals surface area (Å²) in [6.07, 6.45) is 1.51. The molecule has 0 aliphatic rings. The van der Waals surface area contributed by atoms with E-state index in [2.05, 4.69) is 26.5 Å². The molecule has 0 fully saturated rings. The monoisotopic (exact) mass is 482 g/mol. The molecule has 3 aromatic carbocycles. The molecule has 1 amide bonds. The molecule has 0 radical (unpaired) electrons. The lowest BCUT2D eigenvalue weighted by Gasteiger charge is -2.11. The Morgan fingerprint density at radius 1 is 1.06 bits per heavy atom. The number of nitrogens with one attached hydrogen (secondary N) is 1. The molecule has 158 valence electrons. The maximum Gasteiger partial charge on any atom is 0.335 e. The van der Waals surface area contributed by atoms with Crippen molar-refractivity contribution in [1.29, 1.82) is 0 Å². The van der Waals surface area contributed by atoms with Gasteiger partial charge in [-0.05, 0) is 69.5 Å². The van der Waals surface area contributed by atoms with Crippen LogP contribution in [0.4, 0.5) is 0 Å². The van der Waals surface area contributed by atoms with Gasteiger partial charge in [-0.15, -0.1) is 0 Å². The van der Waals surface area contributed by atoms with E-state index in [9.17, 15) is 9.59 Å². The van der Waals surface area contributed by atoms with Crippen molar-refractivity contribution in [2.45, 2.75) is 6.61 Å². The molecule has 0 aliphatic carbocycles. The molecular formula is C23H19BrN2O5. The first kappa shape index (κ1) is 22.0. The van der Waals surface area contributed by atoms with Crippen molar-refractivity contribution >= 4 is 34.0 Å². The van der Waals surface area contributed by atoms with E-state index < -0.39 is 5.97 Å². The quantitative estimate of drug-likeness (QED) is 0.363. The number of benzene rings is 3. The predicted octanol–water partition coefficient (Wildman–Crippen LogP) is 4.50. The Bertz CT molecular complexity index is 1110. The number of ether oxygens (including phenoxy) is 2. The molecule has 0 aromatic heterocycles. The SMILES string of the molecule is COc1cc(/C=N\NC(=O)c2ccccc2Br)ccc1OCc1ccc(C(=O)O)cc1. The average Bonchev–Trinajstić information content (AvgIpc) is 2.78. The fourth-order valence-corrected chi connectivity index (χ4v) is 3.12. The summed E-state index contributed by atoms with van der Waals surface area (Å²) in [6.45, 7) is 0.256. The van der Waals surface area contributed by atoms with Crippen LogP contribution in [0, 0.1) is 0 Å². The number of carbonyl (C=O) groups excluding carboxylic acids is 1. The number of hydrogen-bond donors (Lipinski definition) is 2. The Balaban J connectivity index is 1.62. The Kier molecular flexibility index (Phi) is 7.40. The normalized spacial score (nSPS) is 10.6. The molecule has 0 atom stereocenters. The van der Waals surface area contributed by atoms with Gasteiger partial charge in [-0.1, -0.05) is 24.3 Å². The lowest BCUT2D eigenvalue weighted by molar-refractivity contribution is 0.0696. The van der Waals surface area contributed by atoms with E-state index in [0.29, 0.717) is 27.1 Å². The highest BCUT2D eigenvalue weighted by Gasteiger charge is 2.09. The average molecular weight is 483 g/mol. The zero-order valence-electron chi connectivity index (χ0n) is 16.5. The first-order valence-electron chi connectivity index (χ1n) is 9.19. The van der Waals surface area contributed by atoms with Crippen molar-refractivity contribution in [2.24, 2.45) is 5.10 Å². The van der Waals surface area contributed by atoms with Crippen molar-refractivity contribution in [1.82, 2.24) is 5.43 Å². The van der Waals surface area contributed by atoms with Gasteiger partial charge in [0.2, 0.25) is 0 Å². The Morgan fingerprint density at radius 2 is 1.81 bits per heavy atom. The molecule has 0 unspecified atom stereocenters. The van der Waals surface area contributed by atoms with Gasteiger partial charge in [0.25, 0.3) is 5.91 Å².